The van der Waals surface area contributed by atoms with E-state index in [4.69, 9.17) is 26.6 Å². The van der Waals surface area contributed by atoms with Crippen LogP contribution in [-0.2, 0) is 0 Å². The van der Waals surface area contributed by atoms with Crippen LogP contribution in [0.4, 0.5) is 0 Å². The Kier molecular flexibility index (Phi) is 6.01. The Morgan fingerprint density at radius 1 is 0.467 bits per heavy atom. The molecular formula is C39H23ClN4S. The van der Waals surface area contributed by atoms with E-state index in [9.17, 15) is 0 Å². The first-order valence-electron chi connectivity index (χ1n) is 14.7. The second-order valence-corrected chi connectivity index (χ2v) is 12.5. The summed E-state index contributed by atoms with van der Waals surface area (Å²) >= 11 is 8.44. The number of thiophene rings is 1. The zero-order valence-electron chi connectivity index (χ0n) is 23.9. The van der Waals surface area contributed by atoms with E-state index in [1.165, 1.54) is 30.9 Å². The van der Waals surface area contributed by atoms with Gasteiger partial charge in [0.2, 0.25) is 0 Å². The summed E-state index contributed by atoms with van der Waals surface area (Å²) in [6, 6.07) is 47.9. The Hall–Kier alpha value is -5.36. The lowest BCUT2D eigenvalue weighted by atomic mass is 10.1. The molecule has 6 heteroatoms. The molecule has 6 aromatic carbocycles. The van der Waals surface area contributed by atoms with E-state index in [0.29, 0.717) is 22.5 Å². The van der Waals surface area contributed by atoms with Gasteiger partial charge in [0, 0.05) is 58.3 Å². The summed E-state index contributed by atoms with van der Waals surface area (Å²) in [5, 5.41) is 5.72. The molecule has 4 nitrogen and oxygen atoms in total. The molecule has 0 fully saturated rings. The van der Waals surface area contributed by atoms with Gasteiger partial charge in [0.05, 0.1) is 11.0 Å². The van der Waals surface area contributed by atoms with Crippen molar-refractivity contribution in [1.82, 2.24) is 19.5 Å². The second kappa shape index (κ2) is 10.4. The molecule has 9 rings (SSSR count). The number of halogens is 1. The van der Waals surface area contributed by atoms with Crippen LogP contribution >= 0.6 is 22.9 Å². The molecule has 0 unspecified atom stereocenters. The molecule has 0 spiro atoms. The normalized spacial score (nSPS) is 11.7. The number of fused-ring (bicyclic) bond motifs is 7. The summed E-state index contributed by atoms with van der Waals surface area (Å²) in [5.41, 5.74) is 6.08. The highest BCUT2D eigenvalue weighted by Gasteiger charge is 2.19. The molecule has 3 aromatic heterocycles. The lowest BCUT2D eigenvalue weighted by molar-refractivity contribution is 1.07. The minimum absolute atomic E-state index is 0.631. The van der Waals surface area contributed by atoms with Crippen molar-refractivity contribution in [2.45, 2.75) is 0 Å². The Bertz CT molecular complexity index is 2480. The summed E-state index contributed by atoms with van der Waals surface area (Å²) < 4.78 is 4.89. The van der Waals surface area contributed by atoms with E-state index in [2.05, 4.69) is 77.4 Å². The average Bonchev–Trinajstić information content (AvgIpc) is 3.64. The highest BCUT2D eigenvalue weighted by atomic mass is 35.5. The fraction of sp³-hybridized carbons (Fsp3) is 0. The third-order valence-electron chi connectivity index (χ3n) is 8.32. The van der Waals surface area contributed by atoms with Crippen LogP contribution in [0.25, 0.3) is 81.8 Å². The van der Waals surface area contributed by atoms with Crippen LogP contribution in [0.15, 0.2) is 140 Å². The Morgan fingerprint density at radius 2 is 1.07 bits per heavy atom. The predicted molar refractivity (Wildman–Crippen MR) is 188 cm³/mol. The molecular weight excluding hydrogens is 592 g/mol. The SMILES string of the molecule is Clc1ccc2c3c4c(ccc3n(-c3ccc(-c5nc(-c6ccccc6)nc(-c6ccccc6)n5)cc3)c2c1)sc1ccccc14. The first kappa shape index (κ1) is 26.1. The van der Waals surface area contributed by atoms with Crippen molar-refractivity contribution in [3.05, 3.63) is 145 Å². The maximum atomic E-state index is 6.60. The smallest absolute Gasteiger partial charge is 0.164 e. The molecule has 0 saturated heterocycles. The van der Waals surface area contributed by atoms with Gasteiger partial charge in [-0.25, -0.2) is 15.0 Å². The van der Waals surface area contributed by atoms with E-state index in [1.54, 1.807) is 0 Å². The van der Waals surface area contributed by atoms with Crippen LogP contribution in [0.2, 0.25) is 5.02 Å². The Morgan fingerprint density at radius 3 is 1.73 bits per heavy atom. The van der Waals surface area contributed by atoms with Crippen LogP contribution in [0.3, 0.4) is 0 Å². The molecule has 0 atom stereocenters. The Labute approximate surface area is 267 Å². The van der Waals surface area contributed by atoms with Crippen molar-refractivity contribution in [3.8, 4) is 39.9 Å². The van der Waals surface area contributed by atoms with E-state index in [-0.39, 0.29) is 0 Å². The van der Waals surface area contributed by atoms with Gasteiger partial charge in [-0.1, -0.05) is 96.5 Å². The minimum Gasteiger partial charge on any atom is -0.309 e. The molecule has 0 bridgehead atoms. The van der Waals surface area contributed by atoms with Gasteiger partial charge in [0.1, 0.15) is 0 Å². The van der Waals surface area contributed by atoms with Crippen LogP contribution in [0, 0.1) is 0 Å². The zero-order chi connectivity index (χ0) is 29.9. The molecule has 0 aliphatic rings. The third-order valence-corrected chi connectivity index (χ3v) is 9.69. The number of benzene rings is 6. The van der Waals surface area contributed by atoms with Crippen molar-refractivity contribution < 1.29 is 0 Å². The maximum Gasteiger partial charge on any atom is 0.164 e. The zero-order valence-corrected chi connectivity index (χ0v) is 25.4. The van der Waals surface area contributed by atoms with Gasteiger partial charge < -0.3 is 4.57 Å². The van der Waals surface area contributed by atoms with E-state index in [1.807, 2.05) is 78.1 Å². The van der Waals surface area contributed by atoms with Crippen molar-refractivity contribution in [2.75, 3.05) is 0 Å². The average molecular weight is 615 g/mol. The number of nitrogens with zero attached hydrogens (tertiary/aromatic N) is 4. The largest absolute Gasteiger partial charge is 0.309 e. The molecule has 3 heterocycles. The first-order valence-corrected chi connectivity index (χ1v) is 15.9. The lowest BCUT2D eigenvalue weighted by Crippen LogP contribution is -2.00. The molecule has 9 aromatic rings. The fourth-order valence-electron chi connectivity index (χ4n) is 6.27. The maximum absolute atomic E-state index is 6.60. The van der Waals surface area contributed by atoms with Gasteiger partial charge in [-0.05, 0) is 54.6 Å². The molecule has 0 saturated carbocycles. The van der Waals surface area contributed by atoms with E-state index >= 15 is 0 Å². The highest BCUT2D eigenvalue weighted by Crippen LogP contribution is 2.43. The van der Waals surface area contributed by atoms with Crippen LogP contribution in [-0.4, -0.2) is 19.5 Å². The van der Waals surface area contributed by atoms with Crippen LogP contribution in [0.1, 0.15) is 0 Å². The standard InChI is InChI=1S/C39H23ClN4S/c40-27-17-20-29-32(23-27)44(31-21-22-34-36(35(29)31)30-13-7-8-14-33(30)45-34)28-18-15-26(16-19-28)39-42-37(24-9-3-1-4-10-24)41-38(43-39)25-11-5-2-6-12-25/h1-23H. The highest BCUT2D eigenvalue weighted by molar-refractivity contribution is 7.26. The van der Waals surface area contributed by atoms with Gasteiger partial charge >= 0.3 is 0 Å². The van der Waals surface area contributed by atoms with Gasteiger partial charge in [-0.15, -0.1) is 11.3 Å². The summed E-state index contributed by atoms with van der Waals surface area (Å²) in [4.78, 5) is 14.7. The fourth-order valence-corrected chi connectivity index (χ4v) is 7.55. The summed E-state index contributed by atoms with van der Waals surface area (Å²) in [6.07, 6.45) is 0. The van der Waals surface area contributed by atoms with Gasteiger partial charge in [-0.3, -0.25) is 0 Å². The van der Waals surface area contributed by atoms with Crippen LogP contribution in [0.5, 0.6) is 0 Å². The molecule has 0 N–H and O–H groups in total. The molecule has 45 heavy (non-hydrogen) atoms. The molecule has 212 valence electrons. The molecule has 0 aliphatic heterocycles. The second-order valence-electron chi connectivity index (χ2n) is 11.0. The first-order chi connectivity index (χ1) is 22.2. The van der Waals surface area contributed by atoms with Crippen molar-refractivity contribution >= 4 is 64.9 Å². The van der Waals surface area contributed by atoms with Gasteiger partial charge in [-0.2, -0.15) is 0 Å². The van der Waals surface area contributed by atoms with Gasteiger partial charge in [0.25, 0.3) is 0 Å². The number of rotatable bonds is 4. The van der Waals surface area contributed by atoms with Crippen molar-refractivity contribution in [1.29, 1.82) is 0 Å². The summed E-state index contributed by atoms with van der Waals surface area (Å²) in [7, 11) is 0. The summed E-state index contributed by atoms with van der Waals surface area (Å²) in [6.45, 7) is 0. The monoisotopic (exact) mass is 614 g/mol. The number of hydrogen-bond acceptors (Lipinski definition) is 4. The molecule has 0 aliphatic carbocycles. The van der Waals surface area contributed by atoms with Crippen molar-refractivity contribution in [3.63, 3.8) is 0 Å². The summed E-state index contributed by atoms with van der Waals surface area (Å²) in [5.74, 6) is 1.92. The number of hydrogen-bond donors (Lipinski definition) is 0. The Balaban J connectivity index is 1.23. The number of aromatic nitrogens is 4. The lowest BCUT2D eigenvalue weighted by Gasteiger charge is -2.11. The van der Waals surface area contributed by atoms with E-state index < -0.39 is 0 Å². The quantitative estimate of drug-likeness (QED) is 0.198. The van der Waals surface area contributed by atoms with Gasteiger partial charge in [0.15, 0.2) is 17.5 Å². The topological polar surface area (TPSA) is 43.6 Å². The van der Waals surface area contributed by atoms with Crippen molar-refractivity contribution in [2.24, 2.45) is 0 Å². The predicted octanol–water partition coefficient (Wildman–Crippen LogP) is 11.0. The molecule has 0 amide bonds. The molecule has 0 radical (unpaired) electrons. The minimum atomic E-state index is 0.631. The third kappa shape index (κ3) is 4.32. The van der Waals surface area contributed by atoms with Crippen LogP contribution < -0.4 is 0 Å². The van der Waals surface area contributed by atoms with E-state index in [0.717, 1.165) is 33.4 Å².